The third-order valence-corrected chi connectivity index (χ3v) is 5.98. The summed E-state index contributed by atoms with van der Waals surface area (Å²) >= 11 is 6.14. The van der Waals surface area contributed by atoms with Gasteiger partial charge in [0.2, 0.25) is 5.91 Å². The van der Waals surface area contributed by atoms with Crippen molar-refractivity contribution in [2.75, 3.05) is 38.2 Å². The van der Waals surface area contributed by atoms with Crippen LogP contribution in [0.15, 0.2) is 30.4 Å². The maximum absolute atomic E-state index is 12.8. The Morgan fingerprint density at radius 1 is 1.17 bits per heavy atom. The van der Waals surface area contributed by atoms with Crippen molar-refractivity contribution in [2.24, 2.45) is 17.8 Å². The van der Waals surface area contributed by atoms with Crippen molar-refractivity contribution in [1.82, 2.24) is 4.90 Å². The van der Waals surface area contributed by atoms with Crippen molar-refractivity contribution in [3.8, 4) is 5.75 Å². The van der Waals surface area contributed by atoms with Crippen LogP contribution in [-0.2, 0) is 4.79 Å². The van der Waals surface area contributed by atoms with E-state index in [2.05, 4.69) is 17.1 Å². The molecular weight excluding hydrogens is 324 g/mol. The Balaban J connectivity index is 1.41. The van der Waals surface area contributed by atoms with E-state index < -0.39 is 0 Å². The summed E-state index contributed by atoms with van der Waals surface area (Å²) in [6.45, 7) is 3.18. The first-order valence-electron chi connectivity index (χ1n) is 8.73. The number of hydrogen-bond donors (Lipinski definition) is 0. The summed E-state index contributed by atoms with van der Waals surface area (Å²) in [6, 6.07) is 5.68. The van der Waals surface area contributed by atoms with Crippen molar-refractivity contribution in [1.29, 1.82) is 0 Å². The Bertz CT molecular complexity index is 667. The maximum Gasteiger partial charge on any atom is 0.226 e. The molecule has 1 aromatic rings. The van der Waals surface area contributed by atoms with Crippen LogP contribution in [-0.4, -0.2) is 44.1 Å². The average Bonchev–Trinajstić information content (AvgIpc) is 2.88. The van der Waals surface area contributed by atoms with Gasteiger partial charge in [0, 0.05) is 37.1 Å². The Morgan fingerprint density at radius 3 is 2.58 bits per heavy atom. The molecule has 1 heterocycles. The van der Waals surface area contributed by atoms with Gasteiger partial charge >= 0.3 is 0 Å². The molecule has 1 amide bonds. The van der Waals surface area contributed by atoms with Crippen molar-refractivity contribution >= 4 is 23.2 Å². The number of carbonyl (C=O) groups excluding carboxylic acids is 1. The molecule has 2 fully saturated rings. The number of fused-ring (bicyclic) bond motifs is 1. The highest BCUT2D eigenvalue weighted by molar-refractivity contribution is 6.30. The number of halogens is 1. The van der Waals surface area contributed by atoms with E-state index in [4.69, 9.17) is 16.3 Å². The van der Waals surface area contributed by atoms with E-state index in [-0.39, 0.29) is 5.92 Å². The standard InChI is InChI=1S/C19H23ClN2O2/c1-24-18-7-4-14(20)12-17(18)21-8-10-22(11-9-21)19(23)16-6-3-13-2-5-15(13)16/h2,4-5,7,12-13,15-16H,3,6,8-11H2,1H3. The zero-order valence-electron chi connectivity index (χ0n) is 14.0. The third kappa shape index (κ3) is 2.67. The van der Waals surface area contributed by atoms with Crippen molar-refractivity contribution < 1.29 is 9.53 Å². The molecule has 3 atom stereocenters. The van der Waals surface area contributed by atoms with Gasteiger partial charge in [0.1, 0.15) is 5.75 Å². The molecule has 1 saturated carbocycles. The number of methoxy groups -OCH3 is 1. The highest BCUT2D eigenvalue weighted by Gasteiger charge is 2.43. The minimum atomic E-state index is 0.215. The van der Waals surface area contributed by atoms with Gasteiger partial charge in [-0.25, -0.2) is 0 Å². The smallest absolute Gasteiger partial charge is 0.226 e. The number of benzene rings is 1. The van der Waals surface area contributed by atoms with E-state index in [1.807, 2.05) is 23.1 Å². The number of amides is 1. The summed E-state index contributed by atoms with van der Waals surface area (Å²) in [5, 5.41) is 0.707. The molecule has 24 heavy (non-hydrogen) atoms. The Morgan fingerprint density at radius 2 is 1.96 bits per heavy atom. The van der Waals surface area contributed by atoms with Crippen LogP contribution in [0.5, 0.6) is 5.75 Å². The first-order valence-corrected chi connectivity index (χ1v) is 9.11. The van der Waals surface area contributed by atoms with E-state index in [1.54, 1.807) is 7.11 Å². The number of piperazine rings is 1. The average molecular weight is 347 g/mol. The first-order chi connectivity index (χ1) is 11.7. The second kappa shape index (κ2) is 6.32. The van der Waals surface area contributed by atoms with Gasteiger partial charge in [-0.05, 0) is 42.9 Å². The van der Waals surface area contributed by atoms with Crippen molar-refractivity contribution in [3.05, 3.63) is 35.4 Å². The fourth-order valence-corrected chi connectivity index (χ4v) is 4.45. The number of ether oxygens (including phenoxy) is 1. The maximum atomic E-state index is 12.8. The number of hydrogen-bond acceptors (Lipinski definition) is 3. The molecule has 128 valence electrons. The highest BCUT2D eigenvalue weighted by atomic mass is 35.5. The molecule has 2 aliphatic carbocycles. The zero-order valence-corrected chi connectivity index (χ0v) is 14.7. The zero-order chi connectivity index (χ0) is 16.7. The van der Waals surface area contributed by atoms with Crippen LogP contribution in [0.1, 0.15) is 12.8 Å². The largest absolute Gasteiger partial charge is 0.495 e. The van der Waals surface area contributed by atoms with Gasteiger partial charge in [0.25, 0.3) is 0 Å². The molecule has 5 heteroatoms. The van der Waals surface area contributed by atoms with Gasteiger partial charge in [-0.3, -0.25) is 4.79 Å². The van der Waals surface area contributed by atoms with Crippen molar-refractivity contribution in [3.63, 3.8) is 0 Å². The number of nitrogens with zero attached hydrogens (tertiary/aromatic N) is 2. The Labute approximate surface area is 148 Å². The lowest BCUT2D eigenvalue weighted by Gasteiger charge is -2.38. The molecule has 3 aliphatic rings. The Hall–Kier alpha value is -1.68. The SMILES string of the molecule is COc1ccc(Cl)cc1N1CCN(C(=O)C2CCC3C=CC32)CC1. The van der Waals surface area contributed by atoms with Gasteiger partial charge in [-0.2, -0.15) is 0 Å². The lowest BCUT2D eigenvalue weighted by atomic mass is 9.80. The molecular formula is C19H23ClN2O2. The van der Waals surface area contributed by atoms with E-state index in [0.717, 1.165) is 44.0 Å². The van der Waals surface area contributed by atoms with Crippen molar-refractivity contribution in [2.45, 2.75) is 12.8 Å². The molecule has 0 bridgehead atoms. The number of allylic oxidation sites excluding steroid dienone is 2. The lowest BCUT2D eigenvalue weighted by molar-refractivity contribution is -0.136. The molecule has 0 radical (unpaired) electrons. The summed E-state index contributed by atoms with van der Waals surface area (Å²) in [5.74, 6) is 2.56. The molecule has 0 N–H and O–H groups in total. The summed E-state index contributed by atoms with van der Waals surface area (Å²) in [7, 11) is 1.68. The first kappa shape index (κ1) is 15.8. The molecule has 1 aromatic carbocycles. The summed E-state index contributed by atoms with van der Waals surface area (Å²) < 4.78 is 5.45. The van der Waals surface area contributed by atoms with Gasteiger partial charge < -0.3 is 14.5 Å². The summed E-state index contributed by atoms with van der Waals surface area (Å²) in [6.07, 6.45) is 6.72. The highest BCUT2D eigenvalue weighted by Crippen LogP contribution is 2.45. The minimum absolute atomic E-state index is 0.215. The van der Waals surface area contributed by atoms with Crippen LogP contribution in [0.4, 0.5) is 5.69 Å². The van der Waals surface area contributed by atoms with Crippen LogP contribution in [0.3, 0.4) is 0 Å². The fourth-order valence-electron chi connectivity index (χ4n) is 4.28. The topological polar surface area (TPSA) is 32.8 Å². The fraction of sp³-hybridized carbons (Fsp3) is 0.526. The predicted molar refractivity (Wildman–Crippen MR) is 95.6 cm³/mol. The van der Waals surface area contributed by atoms with Gasteiger partial charge in [0.15, 0.2) is 0 Å². The molecule has 0 aromatic heterocycles. The monoisotopic (exact) mass is 346 g/mol. The predicted octanol–water partition coefficient (Wildman–Crippen LogP) is 3.21. The molecule has 1 saturated heterocycles. The lowest BCUT2D eigenvalue weighted by Crippen LogP contribution is -2.51. The van der Waals surface area contributed by atoms with Crippen LogP contribution in [0, 0.1) is 17.8 Å². The molecule has 0 spiro atoms. The minimum Gasteiger partial charge on any atom is -0.495 e. The van der Waals surface area contributed by atoms with E-state index in [0.29, 0.717) is 22.8 Å². The van der Waals surface area contributed by atoms with E-state index in [1.165, 1.54) is 6.42 Å². The van der Waals surface area contributed by atoms with Crippen LogP contribution in [0.25, 0.3) is 0 Å². The van der Waals surface area contributed by atoms with E-state index in [9.17, 15) is 4.79 Å². The number of anilines is 1. The normalized spacial score (nSPS) is 28.5. The molecule has 1 aliphatic heterocycles. The van der Waals surface area contributed by atoms with Gasteiger partial charge in [-0.1, -0.05) is 23.8 Å². The number of rotatable bonds is 3. The second-order valence-electron chi connectivity index (χ2n) is 6.94. The number of carbonyl (C=O) groups is 1. The van der Waals surface area contributed by atoms with Gasteiger partial charge in [-0.15, -0.1) is 0 Å². The van der Waals surface area contributed by atoms with Crippen LogP contribution >= 0.6 is 11.6 Å². The van der Waals surface area contributed by atoms with Crippen LogP contribution < -0.4 is 9.64 Å². The summed E-state index contributed by atoms with van der Waals surface area (Å²) in [4.78, 5) is 17.1. The Kier molecular flexibility index (Phi) is 4.17. The molecule has 4 nitrogen and oxygen atoms in total. The quantitative estimate of drug-likeness (QED) is 0.788. The third-order valence-electron chi connectivity index (χ3n) is 5.74. The van der Waals surface area contributed by atoms with E-state index >= 15 is 0 Å². The second-order valence-corrected chi connectivity index (χ2v) is 7.37. The molecule has 3 unspecified atom stereocenters. The summed E-state index contributed by atoms with van der Waals surface area (Å²) in [5.41, 5.74) is 1.01. The molecule has 4 rings (SSSR count). The van der Waals surface area contributed by atoms with Gasteiger partial charge in [0.05, 0.1) is 12.8 Å². The van der Waals surface area contributed by atoms with Crippen LogP contribution in [0.2, 0.25) is 5.02 Å².